The fourth-order valence-corrected chi connectivity index (χ4v) is 4.48. The van der Waals surface area contributed by atoms with Crippen LogP contribution in [0.25, 0.3) is 10.9 Å². The number of rotatable bonds is 4. The number of para-hydroxylation sites is 1. The molecule has 0 aliphatic carbocycles. The maximum absolute atomic E-state index is 13.1. The average Bonchev–Trinajstić information content (AvgIpc) is 2.73. The quantitative estimate of drug-likeness (QED) is 0.785. The van der Waals surface area contributed by atoms with E-state index >= 15 is 0 Å². The molecule has 0 spiro atoms. The summed E-state index contributed by atoms with van der Waals surface area (Å²) in [6.45, 7) is 5.51. The molecule has 3 atom stereocenters. The van der Waals surface area contributed by atoms with Crippen molar-refractivity contribution < 1.29 is 9.53 Å². The molecule has 1 aromatic carbocycles. The molecule has 29 heavy (non-hydrogen) atoms. The third kappa shape index (κ3) is 4.19. The highest BCUT2D eigenvalue weighted by Gasteiger charge is 2.36. The minimum atomic E-state index is -0.504. The summed E-state index contributed by atoms with van der Waals surface area (Å²) in [5.74, 6) is 1.04. The van der Waals surface area contributed by atoms with Gasteiger partial charge in [0.1, 0.15) is 11.9 Å². The van der Waals surface area contributed by atoms with Crippen LogP contribution in [0.15, 0.2) is 29.1 Å². The lowest BCUT2D eigenvalue weighted by molar-refractivity contribution is -0.154. The number of nitrogens with zero attached hydrogens (tertiary/aromatic N) is 3. The molecule has 0 unspecified atom stereocenters. The van der Waals surface area contributed by atoms with Crippen LogP contribution in [0.5, 0.6) is 0 Å². The smallest absolute Gasteiger partial charge is 0.258 e. The van der Waals surface area contributed by atoms with Gasteiger partial charge in [-0.25, -0.2) is 4.98 Å². The number of nitrogens with two attached hydrogens (primary N) is 1. The van der Waals surface area contributed by atoms with Gasteiger partial charge in [0.2, 0.25) is 0 Å². The van der Waals surface area contributed by atoms with Gasteiger partial charge in [0, 0.05) is 32.2 Å². The summed E-state index contributed by atoms with van der Waals surface area (Å²) in [4.78, 5) is 36.9. The van der Waals surface area contributed by atoms with Crippen molar-refractivity contribution in [2.24, 2.45) is 11.7 Å². The Bertz CT molecular complexity index is 930. The number of hydrogen-bond donors (Lipinski definition) is 2. The molecule has 0 radical (unpaired) electrons. The molecule has 1 aromatic heterocycles. The molecule has 156 valence electrons. The molecule has 0 bridgehead atoms. The molecule has 2 aliphatic heterocycles. The summed E-state index contributed by atoms with van der Waals surface area (Å²) in [6, 6.07) is 7.38. The van der Waals surface area contributed by atoms with E-state index in [1.807, 2.05) is 23.1 Å². The standard InChI is InChI=1S/C21H29N5O3/c1-14-5-4-8-26(17(14)11-22)21(28)18-12-25(9-10-29-18)13-19-23-16-7-3-2-6-15(16)20(27)24-19/h2-3,6-7,14,17-18H,4-5,8-13,22H2,1H3,(H,23,24,27)/t14-,17+,18+/m1/s1. The lowest BCUT2D eigenvalue weighted by Crippen LogP contribution is -2.57. The maximum Gasteiger partial charge on any atom is 0.258 e. The van der Waals surface area contributed by atoms with Gasteiger partial charge in [-0.05, 0) is 30.9 Å². The van der Waals surface area contributed by atoms with Gasteiger partial charge in [-0.3, -0.25) is 14.5 Å². The van der Waals surface area contributed by atoms with Crippen LogP contribution in [0.3, 0.4) is 0 Å². The molecular formula is C21H29N5O3. The highest BCUT2D eigenvalue weighted by Crippen LogP contribution is 2.24. The first-order valence-corrected chi connectivity index (χ1v) is 10.4. The van der Waals surface area contributed by atoms with Gasteiger partial charge in [0.25, 0.3) is 11.5 Å². The zero-order valence-electron chi connectivity index (χ0n) is 16.8. The number of hydrogen-bond acceptors (Lipinski definition) is 6. The third-order valence-corrected chi connectivity index (χ3v) is 6.10. The molecule has 2 fully saturated rings. The topological polar surface area (TPSA) is 105 Å². The van der Waals surface area contributed by atoms with E-state index in [0.717, 1.165) is 19.4 Å². The van der Waals surface area contributed by atoms with Gasteiger partial charge in [-0.2, -0.15) is 0 Å². The van der Waals surface area contributed by atoms with E-state index in [0.29, 0.717) is 55.4 Å². The Balaban J connectivity index is 1.46. The van der Waals surface area contributed by atoms with Crippen molar-refractivity contribution in [1.82, 2.24) is 19.8 Å². The molecular weight excluding hydrogens is 370 g/mol. The Morgan fingerprint density at radius 3 is 3.00 bits per heavy atom. The Labute approximate surface area is 170 Å². The SMILES string of the molecule is C[C@@H]1CCCN(C(=O)[C@@H]2CN(Cc3nc4ccccc4c(=O)[nH]3)CCO2)[C@H]1CN. The maximum atomic E-state index is 13.1. The monoisotopic (exact) mass is 399 g/mol. The van der Waals surface area contributed by atoms with E-state index in [9.17, 15) is 9.59 Å². The van der Waals surface area contributed by atoms with Crippen LogP contribution in [-0.4, -0.2) is 70.6 Å². The lowest BCUT2D eigenvalue weighted by atomic mass is 9.90. The number of morpholine rings is 1. The van der Waals surface area contributed by atoms with Crippen LogP contribution >= 0.6 is 0 Å². The Hall–Kier alpha value is -2.29. The average molecular weight is 399 g/mol. The molecule has 3 N–H and O–H groups in total. The van der Waals surface area contributed by atoms with Gasteiger partial charge < -0.3 is 20.4 Å². The summed E-state index contributed by atoms with van der Waals surface area (Å²) in [5, 5.41) is 0.582. The molecule has 3 heterocycles. The van der Waals surface area contributed by atoms with Crippen LogP contribution in [0.2, 0.25) is 0 Å². The highest BCUT2D eigenvalue weighted by atomic mass is 16.5. The summed E-state index contributed by atoms with van der Waals surface area (Å²) in [5.41, 5.74) is 6.49. The number of likely N-dealkylation sites (tertiary alicyclic amines) is 1. The summed E-state index contributed by atoms with van der Waals surface area (Å²) in [6.07, 6.45) is 1.60. The van der Waals surface area contributed by atoms with Crippen LogP contribution in [0.4, 0.5) is 0 Å². The van der Waals surface area contributed by atoms with E-state index in [1.54, 1.807) is 6.07 Å². The first kappa shape index (κ1) is 20.0. The van der Waals surface area contributed by atoms with Crippen molar-refractivity contribution in [2.45, 2.75) is 38.5 Å². The molecule has 4 rings (SSSR count). The molecule has 8 heteroatoms. The number of carbonyl (C=O) groups excluding carboxylic acids is 1. The summed E-state index contributed by atoms with van der Waals surface area (Å²) >= 11 is 0. The van der Waals surface area contributed by atoms with Gasteiger partial charge >= 0.3 is 0 Å². The van der Waals surface area contributed by atoms with Gasteiger partial charge in [-0.1, -0.05) is 19.1 Å². The largest absolute Gasteiger partial charge is 0.366 e. The zero-order valence-corrected chi connectivity index (χ0v) is 16.8. The Kier molecular flexibility index (Phi) is 5.94. The molecule has 2 saturated heterocycles. The minimum Gasteiger partial charge on any atom is -0.366 e. The number of piperidine rings is 1. The number of H-pyrrole nitrogens is 1. The number of benzene rings is 1. The van der Waals surface area contributed by atoms with Crippen molar-refractivity contribution in [1.29, 1.82) is 0 Å². The van der Waals surface area contributed by atoms with Crippen LogP contribution in [0, 0.1) is 5.92 Å². The predicted octanol–water partition coefficient (Wildman–Crippen LogP) is 0.710. The van der Waals surface area contributed by atoms with Crippen LogP contribution in [-0.2, 0) is 16.1 Å². The molecule has 1 amide bonds. The third-order valence-electron chi connectivity index (χ3n) is 6.10. The Morgan fingerprint density at radius 2 is 2.17 bits per heavy atom. The number of aromatic nitrogens is 2. The van der Waals surface area contributed by atoms with Gasteiger partial charge in [-0.15, -0.1) is 0 Å². The van der Waals surface area contributed by atoms with Crippen molar-refractivity contribution >= 4 is 16.8 Å². The summed E-state index contributed by atoms with van der Waals surface area (Å²) < 4.78 is 5.82. The van der Waals surface area contributed by atoms with E-state index in [2.05, 4.69) is 21.8 Å². The fraction of sp³-hybridized carbons (Fsp3) is 0.571. The fourth-order valence-electron chi connectivity index (χ4n) is 4.48. The normalized spacial score (nSPS) is 26.0. The van der Waals surface area contributed by atoms with Gasteiger partial charge in [0.05, 0.1) is 24.1 Å². The second-order valence-electron chi connectivity index (χ2n) is 8.08. The van der Waals surface area contributed by atoms with E-state index < -0.39 is 6.10 Å². The van der Waals surface area contributed by atoms with Crippen LogP contribution in [0.1, 0.15) is 25.6 Å². The van der Waals surface area contributed by atoms with E-state index in [-0.39, 0.29) is 17.5 Å². The number of fused-ring (bicyclic) bond motifs is 1. The molecule has 0 saturated carbocycles. The minimum absolute atomic E-state index is 0.0247. The summed E-state index contributed by atoms with van der Waals surface area (Å²) in [7, 11) is 0. The second kappa shape index (κ2) is 8.61. The second-order valence-corrected chi connectivity index (χ2v) is 8.08. The van der Waals surface area contributed by atoms with Crippen molar-refractivity contribution in [3.63, 3.8) is 0 Å². The number of nitrogens with one attached hydrogen (secondary N) is 1. The highest BCUT2D eigenvalue weighted by molar-refractivity contribution is 5.82. The first-order valence-electron chi connectivity index (χ1n) is 10.4. The molecule has 2 aromatic rings. The molecule has 8 nitrogen and oxygen atoms in total. The lowest BCUT2D eigenvalue weighted by Gasteiger charge is -2.42. The zero-order chi connectivity index (χ0) is 20.4. The van der Waals surface area contributed by atoms with E-state index in [1.165, 1.54) is 0 Å². The van der Waals surface area contributed by atoms with Crippen molar-refractivity contribution in [3.8, 4) is 0 Å². The number of aromatic amines is 1. The van der Waals surface area contributed by atoms with Crippen molar-refractivity contribution in [2.75, 3.05) is 32.8 Å². The number of ether oxygens (including phenoxy) is 1. The van der Waals surface area contributed by atoms with Gasteiger partial charge in [0.15, 0.2) is 0 Å². The number of amides is 1. The first-order chi connectivity index (χ1) is 14.1. The van der Waals surface area contributed by atoms with Crippen molar-refractivity contribution in [3.05, 3.63) is 40.4 Å². The molecule has 2 aliphatic rings. The van der Waals surface area contributed by atoms with Crippen LogP contribution < -0.4 is 11.3 Å². The van der Waals surface area contributed by atoms with E-state index in [4.69, 9.17) is 10.5 Å². The number of carbonyl (C=O) groups is 1. The Morgan fingerprint density at radius 1 is 1.34 bits per heavy atom. The predicted molar refractivity (Wildman–Crippen MR) is 110 cm³/mol.